The molecule has 3 N–H and O–H groups in total. The van der Waals surface area contributed by atoms with Crippen LogP contribution >= 0.6 is 0 Å². The van der Waals surface area contributed by atoms with E-state index in [1.165, 1.54) is 5.56 Å². The monoisotopic (exact) mass is 515 g/mol. The first-order chi connectivity index (χ1) is 19.0. The van der Waals surface area contributed by atoms with Crippen LogP contribution in [0.1, 0.15) is 40.3 Å². The Labute approximate surface area is 227 Å². The molecule has 194 valence electrons. The van der Waals surface area contributed by atoms with Crippen molar-refractivity contribution < 1.29 is 4.79 Å². The summed E-state index contributed by atoms with van der Waals surface area (Å²) in [5, 5.41) is 12.4. The second-order valence-corrected chi connectivity index (χ2v) is 9.52. The van der Waals surface area contributed by atoms with Crippen LogP contribution in [0.3, 0.4) is 0 Å². The van der Waals surface area contributed by atoms with Crippen LogP contribution in [0.5, 0.6) is 0 Å². The van der Waals surface area contributed by atoms with Gasteiger partial charge in [-0.15, -0.1) is 0 Å². The zero-order valence-corrected chi connectivity index (χ0v) is 21.5. The third-order valence-corrected chi connectivity index (χ3v) is 6.92. The van der Waals surface area contributed by atoms with Crippen molar-refractivity contribution in [2.24, 2.45) is 5.73 Å². The molecule has 8 nitrogen and oxygen atoms in total. The SMILES string of the molecule is C=Cc1nc(-c2ccc(CN3CCC(Nc4ccnc(C#N)n4)CC3)cc2)c(-c2ccccc2)cc1C(N)=O. The van der Waals surface area contributed by atoms with E-state index < -0.39 is 5.91 Å². The second kappa shape index (κ2) is 11.7. The van der Waals surface area contributed by atoms with E-state index in [0.29, 0.717) is 23.1 Å². The number of aromatic nitrogens is 3. The molecule has 0 spiro atoms. The van der Waals surface area contributed by atoms with Gasteiger partial charge in [0.25, 0.3) is 5.91 Å². The minimum atomic E-state index is -0.528. The number of carbonyl (C=O) groups is 1. The molecule has 39 heavy (non-hydrogen) atoms. The molecule has 8 heteroatoms. The van der Waals surface area contributed by atoms with Crippen LogP contribution in [0.4, 0.5) is 5.82 Å². The van der Waals surface area contributed by atoms with Crippen LogP contribution in [0.25, 0.3) is 28.5 Å². The predicted molar refractivity (Wildman–Crippen MR) is 152 cm³/mol. The molecule has 5 rings (SSSR count). The number of carbonyl (C=O) groups excluding carboxylic acids is 1. The maximum absolute atomic E-state index is 12.1. The number of anilines is 1. The van der Waals surface area contributed by atoms with E-state index >= 15 is 0 Å². The predicted octanol–water partition coefficient (Wildman–Crippen LogP) is 4.90. The molecule has 2 aromatic heterocycles. The first-order valence-corrected chi connectivity index (χ1v) is 12.9. The summed E-state index contributed by atoms with van der Waals surface area (Å²) in [7, 11) is 0. The third-order valence-electron chi connectivity index (χ3n) is 6.92. The van der Waals surface area contributed by atoms with E-state index in [4.69, 9.17) is 16.0 Å². The Morgan fingerprint density at radius 3 is 2.49 bits per heavy atom. The molecule has 0 unspecified atom stereocenters. The van der Waals surface area contributed by atoms with Gasteiger partial charge in [-0.1, -0.05) is 61.2 Å². The molecule has 0 radical (unpaired) electrons. The topological polar surface area (TPSA) is 121 Å². The van der Waals surface area contributed by atoms with Gasteiger partial charge in [0, 0.05) is 43.0 Å². The zero-order chi connectivity index (χ0) is 27.2. The highest BCUT2D eigenvalue weighted by atomic mass is 16.1. The average molecular weight is 516 g/mol. The summed E-state index contributed by atoms with van der Waals surface area (Å²) in [6, 6.07) is 24.2. The molecule has 1 saturated heterocycles. The van der Waals surface area contributed by atoms with E-state index in [1.54, 1.807) is 18.3 Å². The lowest BCUT2D eigenvalue weighted by Crippen LogP contribution is -2.38. The van der Waals surface area contributed by atoms with Crippen molar-refractivity contribution >= 4 is 17.8 Å². The summed E-state index contributed by atoms with van der Waals surface area (Å²) in [6.45, 7) is 6.61. The first-order valence-electron chi connectivity index (χ1n) is 12.9. The third kappa shape index (κ3) is 6.00. The Morgan fingerprint density at radius 2 is 1.82 bits per heavy atom. The van der Waals surface area contributed by atoms with Crippen LogP contribution in [0, 0.1) is 11.3 Å². The Kier molecular flexibility index (Phi) is 7.71. The van der Waals surface area contributed by atoms with Crippen molar-refractivity contribution in [3.05, 3.63) is 102 Å². The van der Waals surface area contributed by atoms with Gasteiger partial charge < -0.3 is 11.1 Å². The largest absolute Gasteiger partial charge is 0.367 e. The highest BCUT2D eigenvalue weighted by molar-refractivity contribution is 5.98. The molecule has 1 fully saturated rings. The fourth-order valence-electron chi connectivity index (χ4n) is 4.90. The molecule has 2 aromatic carbocycles. The number of amides is 1. The van der Waals surface area contributed by atoms with Gasteiger partial charge in [0.05, 0.1) is 17.0 Å². The van der Waals surface area contributed by atoms with Gasteiger partial charge in [0.1, 0.15) is 11.9 Å². The summed E-state index contributed by atoms with van der Waals surface area (Å²) in [4.78, 5) is 27.5. The Balaban J connectivity index is 1.29. The lowest BCUT2D eigenvalue weighted by Gasteiger charge is -2.32. The molecule has 0 bridgehead atoms. The maximum atomic E-state index is 12.1. The van der Waals surface area contributed by atoms with Crippen molar-refractivity contribution in [3.63, 3.8) is 0 Å². The minimum Gasteiger partial charge on any atom is -0.367 e. The molecule has 1 aliphatic heterocycles. The van der Waals surface area contributed by atoms with Crippen molar-refractivity contribution in [1.82, 2.24) is 19.9 Å². The minimum absolute atomic E-state index is 0.177. The number of hydrogen-bond donors (Lipinski definition) is 2. The zero-order valence-electron chi connectivity index (χ0n) is 21.5. The van der Waals surface area contributed by atoms with Crippen LogP contribution in [-0.4, -0.2) is 44.9 Å². The van der Waals surface area contributed by atoms with Gasteiger partial charge in [0.2, 0.25) is 5.82 Å². The van der Waals surface area contributed by atoms with Crippen molar-refractivity contribution in [1.29, 1.82) is 5.26 Å². The number of hydrogen-bond acceptors (Lipinski definition) is 7. The quantitative estimate of drug-likeness (QED) is 0.342. The van der Waals surface area contributed by atoms with Gasteiger partial charge in [0.15, 0.2) is 0 Å². The normalized spacial score (nSPS) is 13.9. The van der Waals surface area contributed by atoms with Crippen molar-refractivity contribution in [2.75, 3.05) is 18.4 Å². The van der Waals surface area contributed by atoms with Gasteiger partial charge >= 0.3 is 0 Å². The fourth-order valence-corrected chi connectivity index (χ4v) is 4.90. The molecular weight excluding hydrogens is 486 g/mol. The maximum Gasteiger partial charge on any atom is 0.250 e. The number of nitrogens with one attached hydrogen (secondary N) is 1. The molecule has 0 saturated carbocycles. The molecule has 3 heterocycles. The smallest absolute Gasteiger partial charge is 0.250 e. The summed E-state index contributed by atoms with van der Waals surface area (Å²) >= 11 is 0. The summed E-state index contributed by atoms with van der Waals surface area (Å²) in [6.07, 6.45) is 5.16. The number of likely N-dealkylation sites (tertiary alicyclic amines) is 1. The summed E-state index contributed by atoms with van der Waals surface area (Å²) < 4.78 is 0. The van der Waals surface area contributed by atoms with Gasteiger partial charge in [-0.05, 0) is 42.2 Å². The fraction of sp³-hybridized carbons (Fsp3) is 0.194. The Morgan fingerprint density at radius 1 is 1.08 bits per heavy atom. The van der Waals surface area contributed by atoms with Crippen molar-refractivity contribution in [3.8, 4) is 28.5 Å². The molecule has 4 aromatic rings. The lowest BCUT2D eigenvalue weighted by molar-refractivity contribution is 0.1000. The van der Waals surface area contributed by atoms with E-state index in [-0.39, 0.29) is 5.82 Å². The van der Waals surface area contributed by atoms with Crippen LogP contribution in [0.2, 0.25) is 0 Å². The lowest BCUT2D eigenvalue weighted by atomic mass is 9.95. The second-order valence-electron chi connectivity index (χ2n) is 9.52. The van der Waals surface area contributed by atoms with Gasteiger partial charge in [-0.2, -0.15) is 5.26 Å². The van der Waals surface area contributed by atoms with Gasteiger partial charge in [-0.25, -0.2) is 15.0 Å². The highest BCUT2D eigenvalue weighted by Gasteiger charge is 2.20. The molecule has 1 aliphatic rings. The number of piperidine rings is 1. The number of rotatable bonds is 8. The van der Waals surface area contributed by atoms with Crippen LogP contribution in [-0.2, 0) is 6.54 Å². The Bertz CT molecular complexity index is 1520. The first kappa shape index (κ1) is 25.8. The average Bonchev–Trinajstić information content (AvgIpc) is 2.98. The number of nitrogens with two attached hydrogens (primary N) is 1. The summed E-state index contributed by atoms with van der Waals surface area (Å²) in [5.41, 5.74) is 11.2. The van der Waals surface area contributed by atoms with E-state index in [1.807, 2.05) is 42.5 Å². The molecule has 0 aliphatic carbocycles. The number of primary amides is 1. The summed E-state index contributed by atoms with van der Waals surface area (Å²) in [5.74, 6) is 0.346. The van der Waals surface area contributed by atoms with Crippen molar-refractivity contribution in [2.45, 2.75) is 25.4 Å². The molecule has 1 amide bonds. The van der Waals surface area contributed by atoms with E-state index in [9.17, 15) is 4.79 Å². The van der Waals surface area contributed by atoms with Crippen LogP contribution in [0.15, 0.2) is 79.5 Å². The highest BCUT2D eigenvalue weighted by Crippen LogP contribution is 2.33. The van der Waals surface area contributed by atoms with E-state index in [2.05, 4.69) is 51.0 Å². The van der Waals surface area contributed by atoms with E-state index in [0.717, 1.165) is 54.9 Å². The Hall–Kier alpha value is -4.87. The van der Waals surface area contributed by atoms with Crippen LogP contribution < -0.4 is 11.1 Å². The molecular formula is C31H29N7O. The number of benzene rings is 2. The number of nitriles is 1. The standard InChI is InChI=1S/C31H29N7O/c1-2-27-26(31(33)39)18-25(22-6-4-3-5-7-22)30(36-27)23-10-8-21(9-11-23)20-38-16-13-24(14-17-38)35-28-12-15-34-29(19-32)37-28/h2-12,15,18,24H,1,13-14,16-17,20H2,(H2,33,39)(H,34,35,37). The molecule has 0 atom stereocenters. The number of pyridine rings is 1. The van der Waals surface area contributed by atoms with Gasteiger partial charge in [-0.3, -0.25) is 9.69 Å². The number of nitrogens with zero attached hydrogens (tertiary/aromatic N) is 5.